The summed E-state index contributed by atoms with van der Waals surface area (Å²) in [4.78, 5) is 0. The zero-order chi connectivity index (χ0) is 21.6. The minimum atomic E-state index is -2.40. The summed E-state index contributed by atoms with van der Waals surface area (Å²) in [7, 11) is -8.49. The molecule has 0 radical (unpaired) electrons. The van der Waals surface area contributed by atoms with Crippen LogP contribution in [0.15, 0.2) is 0 Å². The van der Waals surface area contributed by atoms with Crippen LogP contribution in [0.2, 0.25) is 78.1 Å². The van der Waals surface area contributed by atoms with E-state index in [1.807, 2.05) is 0 Å². The van der Waals surface area contributed by atoms with Gasteiger partial charge in [0, 0.05) is 13.7 Å². The third kappa shape index (κ3) is 15.4. The molecule has 0 aromatic rings. The molecule has 0 heterocycles. The molecule has 0 aliphatic rings. The zero-order valence-electron chi connectivity index (χ0n) is 20.1. The molecule has 164 valence electrons. The molecule has 0 N–H and O–H groups in total. The molecule has 0 aliphatic carbocycles. The molecule has 0 bridgehead atoms. The van der Waals surface area contributed by atoms with E-state index in [2.05, 4.69) is 72.0 Å². The third-order valence-corrected chi connectivity index (χ3v) is 21.0. The van der Waals surface area contributed by atoms with Gasteiger partial charge in [0.2, 0.25) is 0 Å². The number of hydrogen-bond acceptors (Lipinski definition) is 5. The maximum Gasteiger partial charge on any atom is 0.317 e. The molecule has 27 heavy (non-hydrogen) atoms. The van der Waals surface area contributed by atoms with E-state index in [1.54, 1.807) is 7.11 Å². The van der Waals surface area contributed by atoms with Crippen molar-refractivity contribution < 1.29 is 21.2 Å². The van der Waals surface area contributed by atoms with E-state index < -0.39 is 42.3 Å². The van der Waals surface area contributed by atoms with E-state index in [0.29, 0.717) is 0 Å². The summed E-state index contributed by atoms with van der Waals surface area (Å²) in [6.07, 6.45) is 3.32. The largest absolute Gasteiger partial charge is 0.437 e. The van der Waals surface area contributed by atoms with Crippen molar-refractivity contribution in [1.82, 2.24) is 0 Å². The fraction of sp³-hybridized carbons (Fsp3) is 1.00. The smallest absolute Gasteiger partial charge is 0.317 e. The van der Waals surface area contributed by atoms with Crippen molar-refractivity contribution in [2.75, 3.05) is 13.7 Å². The zero-order valence-corrected chi connectivity index (χ0v) is 25.1. The number of unbranched alkanes of at least 4 members (excludes halogenated alkanes) is 2. The van der Waals surface area contributed by atoms with Crippen LogP contribution in [0.3, 0.4) is 0 Å². The van der Waals surface area contributed by atoms with Gasteiger partial charge >= 0.3 is 25.7 Å². The second-order valence-electron chi connectivity index (χ2n) is 10.4. The highest BCUT2D eigenvalue weighted by atomic mass is 28.5. The van der Waals surface area contributed by atoms with Gasteiger partial charge in [0.1, 0.15) is 0 Å². The Bertz CT molecular complexity index is 402. The van der Waals surface area contributed by atoms with E-state index >= 15 is 0 Å². The van der Waals surface area contributed by atoms with Crippen molar-refractivity contribution >= 4 is 42.3 Å². The number of ether oxygens (including phenoxy) is 1. The van der Waals surface area contributed by atoms with Crippen LogP contribution in [0.25, 0.3) is 0 Å². The Morgan fingerprint density at radius 2 is 0.926 bits per heavy atom. The van der Waals surface area contributed by atoms with Gasteiger partial charge in [-0.1, -0.05) is 12.8 Å². The summed E-state index contributed by atoms with van der Waals surface area (Å²) in [5.74, 6) is 0. The lowest BCUT2D eigenvalue weighted by Crippen LogP contribution is -2.59. The summed E-state index contributed by atoms with van der Waals surface area (Å²) in [6, 6.07) is 0.980. The van der Waals surface area contributed by atoms with Gasteiger partial charge in [-0.3, -0.25) is 0 Å². The quantitative estimate of drug-likeness (QED) is 0.229. The van der Waals surface area contributed by atoms with Crippen LogP contribution in [0.5, 0.6) is 0 Å². The normalized spacial score (nSPS) is 14.7. The number of hydrogen-bond donors (Lipinski definition) is 0. The maximum absolute atomic E-state index is 6.77. The molecule has 0 aromatic heterocycles. The predicted molar refractivity (Wildman–Crippen MR) is 128 cm³/mol. The lowest BCUT2D eigenvalue weighted by atomic mass is 10.3. The molecule has 0 rings (SSSR count). The Labute approximate surface area is 174 Å². The van der Waals surface area contributed by atoms with Gasteiger partial charge in [0.25, 0.3) is 0 Å². The fourth-order valence-electron chi connectivity index (χ4n) is 3.55. The Balaban J connectivity index is 5.24. The molecule has 0 aromatic carbocycles. The van der Waals surface area contributed by atoms with Crippen LogP contribution in [0, 0.1) is 0 Å². The van der Waals surface area contributed by atoms with Crippen LogP contribution in [-0.4, -0.2) is 56.0 Å². The third-order valence-electron chi connectivity index (χ3n) is 3.51. The molecule has 10 heteroatoms. The average Bonchev–Trinajstić information content (AvgIpc) is 2.29. The van der Waals surface area contributed by atoms with Gasteiger partial charge in [-0.2, -0.15) is 0 Å². The lowest BCUT2D eigenvalue weighted by Gasteiger charge is -2.43. The molecule has 0 aliphatic heterocycles. The Morgan fingerprint density at radius 1 is 0.519 bits per heavy atom. The molecular weight excluding hydrogens is 425 g/mol. The van der Waals surface area contributed by atoms with E-state index in [-0.39, 0.29) is 0 Å². The van der Waals surface area contributed by atoms with Crippen LogP contribution < -0.4 is 0 Å². The van der Waals surface area contributed by atoms with Crippen LogP contribution in [0.1, 0.15) is 19.3 Å². The van der Waals surface area contributed by atoms with Crippen molar-refractivity contribution in [3.63, 3.8) is 0 Å². The lowest BCUT2D eigenvalue weighted by molar-refractivity contribution is 0.192. The first-order chi connectivity index (χ1) is 11.9. The monoisotopic (exact) mass is 470 g/mol. The van der Waals surface area contributed by atoms with Crippen LogP contribution >= 0.6 is 0 Å². The van der Waals surface area contributed by atoms with E-state index in [0.717, 1.165) is 31.9 Å². The number of methoxy groups -OCH3 is 1. The Kier molecular flexibility index (Phi) is 11.1. The SMILES string of the molecule is COCCCCC[Si](C)(O[Si](C)(C)O[Si](C)(C)C)O[Si](C)(C)O[Si](C)(C)C. The van der Waals surface area contributed by atoms with E-state index in [9.17, 15) is 0 Å². The van der Waals surface area contributed by atoms with Crippen LogP contribution in [0.4, 0.5) is 0 Å². The minimum Gasteiger partial charge on any atom is -0.437 e. The second kappa shape index (κ2) is 10.8. The van der Waals surface area contributed by atoms with Crippen molar-refractivity contribution in [2.45, 2.75) is 97.3 Å². The predicted octanol–water partition coefficient (Wildman–Crippen LogP) is 6.01. The van der Waals surface area contributed by atoms with Gasteiger partial charge in [0.05, 0.1) is 0 Å². The Morgan fingerprint density at radius 3 is 1.26 bits per heavy atom. The van der Waals surface area contributed by atoms with Gasteiger partial charge in [-0.05, 0) is 84.5 Å². The summed E-state index contributed by atoms with van der Waals surface area (Å²) in [5.41, 5.74) is 0. The first-order valence-corrected chi connectivity index (χ1v) is 25.2. The summed E-state index contributed by atoms with van der Waals surface area (Å²) < 4.78 is 31.6. The van der Waals surface area contributed by atoms with Crippen molar-refractivity contribution in [1.29, 1.82) is 0 Å². The molecule has 0 saturated carbocycles. The van der Waals surface area contributed by atoms with Crippen molar-refractivity contribution in [3.8, 4) is 0 Å². The van der Waals surface area contributed by atoms with Gasteiger partial charge in [0.15, 0.2) is 16.6 Å². The first kappa shape index (κ1) is 27.9. The molecule has 0 fully saturated rings. The van der Waals surface area contributed by atoms with Crippen molar-refractivity contribution in [3.05, 3.63) is 0 Å². The first-order valence-electron chi connectivity index (χ1n) is 10.2. The molecule has 5 nitrogen and oxygen atoms in total. The molecule has 0 amide bonds. The topological polar surface area (TPSA) is 46.2 Å². The van der Waals surface area contributed by atoms with E-state index in [1.165, 1.54) is 0 Å². The minimum absolute atomic E-state index is 0.817. The second-order valence-corrected chi connectivity index (χ2v) is 30.5. The molecule has 0 atom stereocenters. The summed E-state index contributed by atoms with van der Waals surface area (Å²) >= 11 is 0. The number of rotatable bonds is 14. The fourth-order valence-corrected chi connectivity index (χ4v) is 27.0. The van der Waals surface area contributed by atoms with Gasteiger partial charge in [-0.25, -0.2) is 0 Å². The van der Waals surface area contributed by atoms with Gasteiger partial charge in [-0.15, -0.1) is 0 Å². The highest BCUT2D eigenvalue weighted by Gasteiger charge is 2.46. The van der Waals surface area contributed by atoms with E-state index in [4.69, 9.17) is 21.2 Å². The molecule has 0 saturated heterocycles. The average molecular weight is 471 g/mol. The Hall–Kier alpha value is 0.884. The van der Waals surface area contributed by atoms with Gasteiger partial charge < -0.3 is 21.2 Å². The molecular formula is C17H46O5Si5. The highest BCUT2D eigenvalue weighted by molar-refractivity contribution is 6.90. The summed E-state index contributed by atoms with van der Waals surface area (Å²) in [5, 5.41) is 0. The van der Waals surface area contributed by atoms with Crippen molar-refractivity contribution in [2.24, 2.45) is 0 Å². The summed E-state index contributed by atoms with van der Waals surface area (Å²) in [6.45, 7) is 25.0. The highest BCUT2D eigenvalue weighted by Crippen LogP contribution is 2.29. The maximum atomic E-state index is 6.77. The molecule has 0 spiro atoms. The van der Waals surface area contributed by atoms with Crippen LogP contribution in [-0.2, 0) is 21.2 Å². The molecule has 0 unspecified atom stereocenters. The standard InChI is InChI=1S/C17H46O5Si5/c1-18-16-14-13-15-17-27(12,21-25(8,9)19-23(2,3)4)22-26(10,11)20-24(5,6)7/h13-17H2,1-12H3.